The first-order valence-electron chi connectivity index (χ1n) is 5.94. The summed E-state index contributed by atoms with van der Waals surface area (Å²) in [5, 5.41) is 0. The molecule has 0 atom stereocenters. The fourth-order valence-electron chi connectivity index (χ4n) is 1.72. The summed E-state index contributed by atoms with van der Waals surface area (Å²) in [6.07, 6.45) is 0. The molecule has 0 aliphatic heterocycles. The van der Waals surface area contributed by atoms with Gasteiger partial charge in [-0.15, -0.1) is 0 Å². The molecule has 0 aromatic heterocycles. The molecule has 0 saturated carbocycles. The molecule has 2 rings (SSSR count). The van der Waals surface area contributed by atoms with Gasteiger partial charge >= 0.3 is 0 Å². The smallest absolute Gasteiger partial charge is 0.198 e. The summed E-state index contributed by atoms with van der Waals surface area (Å²) in [5.41, 5.74) is 7.83. The minimum absolute atomic E-state index is 0.0811. The van der Waals surface area contributed by atoms with Gasteiger partial charge in [0.2, 0.25) is 0 Å². The third-order valence-corrected chi connectivity index (χ3v) is 2.99. The quantitative estimate of drug-likeness (QED) is 0.913. The second-order valence-corrected chi connectivity index (χ2v) is 4.44. The molecule has 19 heavy (non-hydrogen) atoms. The van der Waals surface area contributed by atoms with Gasteiger partial charge in [0.15, 0.2) is 17.4 Å². The average molecular weight is 263 g/mol. The van der Waals surface area contributed by atoms with E-state index in [4.69, 9.17) is 10.5 Å². The lowest BCUT2D eigenvalue weighted by molar-refractivity contribution is 0.406. The average Bonchev–Trinajstić information content (AvgIpc) is 2.37. The highest BCUT2D eigenvalue weighted by atomic mass is 19.1. The molecule has 4 heteroatoms. The van der Waals surface area contributed by atoms with Gasteiger partial charge in [-0.3, -0.25) is 0 Å². The molecule has 0 fully saturated rings. The molecular formula is C15H15F2NO. The Balaban J connectivity index is 2.35. The first kappa shape index (κ1) is 13.5. The van der Waals surface area contributed by atoms with Crippen molar-refractivity contribution in [3.63, 3.8) is 0 Å². The van der Waals surface area contributed by atoms with E-state index in [0.717, 1.165) is 11.1 Å². The number of halogens is 2. The van der Waals surface area contributed by atoms with Gasteiger partial charge in [-0.2, -0.15) is 0 Å². The van der Waals surface area contributed by atoms with Crippen molar-refractivity contribution in [2.45, 2.75) is 20.4 Å². The minimum atomic E-state index is -0.751. The third-order valence-electron chi connectivity index (χ3n) is 2.99. The van der Waals surface area contributed by atoms with Gasteiger partial charge in [-0.1, -0.05) is 6.07 Å². The third kappa shape index (κ3) is 2.90. The van der Waals surface area contributed by atoms with Gasteiger partial charge in [0.25, 0.3) is 0 Å². The van der Waals surface area contributed by atoms with Crippen molar-refractivity contribution in [3.8, 4) is 11.5 Å². The Bertz CT molecular complexity index is 588. The van der Waals surface area contributed by atoms with E-state index in [1.54, 1.807) is 12.1 Å². The molecule has 0 aliphatic rings. The molecule has 2 aromatic rings. The molecule has 0 saturated heterocycles. The van der Waals surface area contributed by atoms with Crippen LogP contribution in [0.2, 0.25) is 0 Å². The van der Waals surface area contributed by atoms with Gasteiger partial charge in [0, 0.05) is 6.54 Å². The van der Waals surface area contributed by atoms with Crippen LogP contribution in [-0.4, -0.2) is 0 Å². The zero-order valence-electron chi connectivity index (χ0n) is 10.8. The Labute approximate surface area is 110 Å². The standard InChI is InChI=1S/C15H15F2NO/c1-9-3-4-12(5-10(9)2)19-15-13(16)6-11(8-18)7-14(15)17/h3-7H,8,18H2,1-2H3. The second-order valence-electron chi connectivity index (χ2n) is 4.44. The fourth-order valence-corrected chi connectivity index (χ4v) is 1.72. The monoisotopic (exact) mass is 263 g/mol. The Morgan fingerprint density at radius 2 is 1.63 bits per heavy atom. The van der Waals surface area contributed by atoms with E-state index in [1.165, 1.54) is 12.1 Å². The molecule has 2 nitrogen and oxygen atoms in total. The van der Waals surface area contributed by atoms with Crippen LogP contribution in [0.4, 0.5) is 8.78 Å². The maximum atomic E-state index is 13.7. The van der Waals surface area contributed by atoms with E-state index in [0.29, 0.717) is 11.3 Å². The summed E-state index contributed by atoms with van der Waals surface area (Å²) in [5.74, 6) is -1.50. The molecule has 2 aromatic carbocycles. The van der Waals surface area contributed by atoms with Crippen LogP contribution in [0.3, 0.4) is 0 Å². The number of rotatable bonds is 3. The highest BCUT2D eigenvalue weighted by molar-refractivity contribution is 5.39. The molecule has 0 bridgehead atoms. The number of aryl methyl sites for hydroxylation is 2. The van der Waals surface area contributed by atoms with E-state index < -0.39 is 17.4 Å². The molecule has 2 N–H and O–H groups in total. The molecule has 0 radical (unpaired) electrons. The van der Waals surface area contributed by atoms with Crippen LogP contribution in [0, 0.1) is 25.5 Å². The lowest BCUT2D eigenvalue weighted by atomic mass is 10.1. The molecule has 0 heterocycles. The zero-order valence-corrected chi connectivity index (χ0v) is 10.8. The van der Waals surface area contributed by atoms with Crippen molar-refractivity contribution < 1.29 is 13.5 Å². The molecule has 0 unspecified atom stereocenters. The number of hydrogen-bond donors (Lipinski definition) is 1. The summed E-state index contributed by atoms with van der Waals surface area (Å²) in [7, 11) is 0. The summed E-state index contributed by atoms with van der Waals surface area (Å²) >= 11 is 0. The van der Waals surface area contributed by atoms with E-state index in [1.807, 2.05) is 19.9 Å². The zero-order chi connectivity index (χ0) is 14.0. The number of ether oxygens (including phenoxy) is 1. The molecule has 100 valence electrons. The van der Waals surface area contributed by atoms with Crippen LogP contribution >= 0.6 is 0 Å². The van der Waals surface area contributed by atoms with Crippen LogP contribution in [-0.2, 0) is 6.54 Å². The van der Waals surface area contributed by atoms with Gasteiger partial charge in [0.05, 0.1) is 0 Å². The maximum absolute atomic E-state index is 13.7. The van der Waals surface area contributed by atoms with Crippen molar-refractivity contribution in [1.82, 2.24) is 0 Å². The topological polar surface area (TPSA) is 35.2 Å². The van der Waals surface area contributed by atoms with Crippen LogP contribution < -0.4 is 10.5 Å². The van der Waals surface area contributed by atoms with E-state index in [9.17, 15) is 8.78 Å². The van der Waals surface area contributed by atoms with Crippen LogP contribution in [0.5, 0.6) is 11.5 Å². The van der Waals surface area contributed by atoms with E-state index in [2.05, 4.69) is 0 Å². The molecular weight excluding hydrogens is 248 g/mol. The van der Waals surface area contributed by atoms with Crippen molar-refractivity contribution in [2.75, 3.05) is 0 Å². The normalized spacial score (nSPS) is 10.6. The van der Waals surface area contributed by atoms with Gasteiger partial charge < -0.3 is 10.5 Å². The summed E-state index contributed by atoms with van der Waals surface area (Å²) in [6.45, 7) is 3.94. The Kier molecular flexibility index (Phi) is 3.81. The lowest BCUT2D eigenvalue weighted by Gasteiger charge is -2.10. The van der Waals surface area contributed by atoms with E-state index >= 15 is 0 Å². The first-order valence-corrected chi connectivity index (χ1v) is 5.94. The van der Waals surface area contributed by atoms with E-state index in [-0.39, 0.29) is 6.54 Å². The van der Waals surface area contributed by atoms with Crippen molar-refractivity contribution in [1.29, 1.82) is 0 Å². The highest BCUT2D eigenvalue weighted by Gasteiger charge is 2.13. The Morgan fingerprint density at radius 3 is 2.16 bits per heavy atom. The fraction of sp³-hybridized carbons (Fsp3) is 0.200. The van der Waals surface area contributed by atoms with Crippen LogP contribution in [0.15, 0.2) is 30.3 Å². The van der Waals surface area contributed by atoms with Gasteiger partial charge in [-0.25, -0.2) is 8.78 Å². The second kappa shape index (κ2) is 5.36. The number of hydrogen-bond acceptors (Lipinski definition) is 2. The Morgan fingerprint density at radius 1 is 1.00 bits per heavy atom. The Hall–Kier alpha value is -1.94. The summed E-state index contributed by atoms with van der Waals surface area (Å²) in [6, 6.07) is 7.62. The predicted molar refractivity (Wildman–Crippen MR) is 70.2 cm³/mol. The maximum Gasteiger partial charge on any atom is 0.198 e. The summed E-state index contributed by atoms with van der Waals surface area (Å²) in [4.78, 5) is 0. The predicted octanol–water partition coefficient (Wildman–Crippen LogP) is 3.83. The molecule has 0 spiro atoms. The lowest BCUT2D eigenvalue weighted by Crippen LogP contribution is -2.00. The molecule has 0 aliphatic carbocycles. The summed E-state index contributed by atoms with van der Waals surface area (Å²) < 4.78 is 32.8. The minimum Gasteiger partial charge on any atom is -0.451 e. The highest BCUT2D eigenvalue weighted by Crippen LogP contribution is 2.29. The van der Waals surface area contributed by atoms with Crippen LogP contribution in [0.25, 0.3) is 0 Å². The molecule has 0 amide bonds. The SMILES string of the molecule is Cc1ccc(Oc2c(F)cc(CN)cc2F)cc1C. The number of nitrogens with two attached hydrogens (primary N) is 1. The van der Waals surface area contributed by atoms with Gasteiger partial charge in [0.1, 0.15) is 5.75 Å². The van der Waals surface area contributed by atoms with Crippen molar-refractivity contribution >= 4 is 0 Å². The van der Waals surface area contributed by atoms with Crippen LogP contribution in [0.1, 0.15) is 16.7 Å². The van der Waals surface area contributed by atoms with Crippen molar-refractivity contribution in [2.24, 2.45) is 5.73 Å². The first-order chi connectivity index (χ1) is 9.01. The largest absolute Gasteiger partial charge is 0.451 e. The number of benzene rings is 2. The van der Waals surface area contributed by atoms with Crippen molar-refractivity contribution in [3.05, 3.63) is 58.7 Å². The van der Waals surface area contributed by atoms with Gasteiger partial charge in [-0.05, 0) is 54.8 Å².